The third kappa shape index (κ3) is 5.78. The number of likely N-dealkylation sites (tertiary alicyclic amines) is 1. The van der Waals surface area contributed by atoms with Gasteiger partial charge in [0.1, 0.15) is 11.9 Å². The zero-order valence-electron chi connectivity index (χ0n) is 17.6. The molecule has 4 rings (SSSR count). The quantitative estimate of drug-likeness (QED) is 0.548. The van der Waals surface area contributed by atoms with Gasteiger partial charge in [-0.15, -0.1) is 0 Å². The van der Waals surface area contributed by atoms with Crippen LogP contribution >= 0.6 is 0 Å². The van der Waals surface area contributed by atoms with E-state index in [4.69, 9.17) is 0 Å². The van der Waals surface area contributed by atoms with E-state index in [1.54, 1.807) is 12.1 Å². The first-order chi connectivity index (χ1) is 15.2. The third-order valence-corrected chi connectivity index (χ3v) is 5.71. The summed E-state index contributed by atoms with van der Waals surface area (Å²) in [6.45, 7) is 3.82. The van der Waals surface area contributed by atoms with Gasteiger partial charge < -0.3 is 5.32 Å². The van der Waals surface area contributed by atoms with Crippen LogP contribution in [0.1, 0.15) is 35.6 Å². The molecular weight excluding hydrogens is 389 g/mol. The number of carbonyl (C=O) groups is 1. The molecule has 1 aliphatic heterocycles. The second-order valence-electron chi connectivity index (χ2n) is 7.97. The van der Waals surface area contributed by atoms with Gasteiger partial charge in [0, 0.05) is 18.8 Å². The van der Waals surface area contributed by atoms with Crippen LogP contribution in [0.4, 0.5) is 10.1 Å². The molecule has 3 aromatic rings. The van der Waals surface area contributed by atoms with Gasteiger partial charge in [-0.2, -0.15) is 0 Å². The number of amides is 1. The van der Waals surface area contributed by atoms with Gasteiger partial charge in [0.05, 0.1) is 0 Å². The summed E-state index contributed by atoms with van der Waals surface area (Å²) in [4.78, 5) is 15.6. The summed E-state index contributed by atoms with van der Waals surface area (Å²) in [5.41, 5.74) is 3.95. The largest absolute Gasteiger partial charge is 0.324 e. The summed E-state index contributed by atoms with van der Waals surface area (Å²) in [5.74, 6) is -0.500. The van der Waals surface area contributed by atoms with Gasteiger partial charge in [-0.25, -0.2) is 4.39 Å². The van der Waals surface area contributed by atoms with Gasteiger partial charge in [0.2, 0.25) is 5.91 Å². The maximum absolute atomic E-state index is 13.2. The molecule has 0 unspecified atom stereocenters. The van der Waals surface area contributed by atoms with E-state index in [-0.39, 0.29) is 11.7 Å². The molecule has 1 amide bonds. The molecule has 1 atom stereocenters. The molecule has 1 fully saturated rings. The number of benzene rings is 3. The maximum Gasteiger partial charge on any atom is 0.246 e. The van der Waals surface area contributed by atoms with Crippen LogP contribution in [0.15, 0.2) is 78.9 Å². The lowest BCUT2D eigenvalue weighted by Crippen LogP contribution is -2.33. The number of halogens is 1. The van der Waals surface area contributed by atoms with E-state index < -0.39 is 6.04 Å². The van der Waals surface area contributed by atoms with E-state index in [1.807, 2.05) is 36.4 Å². The molecule has 0 aromatic heterocycles. The normalized spacial score (nSPS) is 15.0. The van der Waals surface area contributed by atoms with Crippen LogP contribution in [0, 0.1) is 5.82 Å². The third-order valence-electron chi connectivity index (χ3n) is 5.71. The molecule has 0 aliphatic carbocycles. The monoisotopic (exact) mass is 417 g/mol. The minimum Gasteiger partial charge on any atom is -0.324 e. The van der Waals surface area contributed by atoms with E-state index in [1.165, 1.54) is 36.1 Å². The van der Waals surface area contributed by atoms with E-state index in [2.05, 4.69) is 33.7 Å². The lowest BCUT2D eigenvalue weighted by Gasteiger charge is -2.21. The highest BCUT2D eigenvalue weighted by molar-refractivity contribution is 5.95. The van der Waals surface area contributed by atoms with Gasteiger partial charge in [0.25, 0.3) is 0 Å². The first kappa shape index (κ1) is 21.2. The fourth-order valence-electron chi connectivity index (χ4n) is 4.03. The Balaban J connectivity index is 1.49. The number of anilines is 1. The number of hydrogen-bond acceptors (Lipinski definition) is 3. The fourth-order valence-corrected chi connectivity index (χ4v) is 4.03. The predicted molar refractivity (Wildman–Crippen MR) is 122 cm³/mol. The molecule has 160 valence electrons. The number of rotatable bonds is 8. The smallest absolute Gasteiger partial charge is 0.246 e. The first-order valence-corrected chi connectivity index (χ1v) is 10.8. The standard InChI is InChI=1S/C26H28FN3O/c27-23-12-14-24(15-13-23)29-26(31)25(20-8-2-1-3-9-20)28-18-21-10-4-5-11-22(21)19-30-16-6-7-17-30/h1-5,8-15,25,28H,6-7,16-19H2,(H,29,31)/t25-/m0/s1. The number of nitrogens with one attached hydrogen (secondary N) is 2. The summed E-state index contributed by atoms with van der Waals surface area (Å²) >= 11 is 0. The Bertz CT molecular complexity index is 985. The Morgan fingerprint density at radius 3 is 2.23 bits per heavy atom. The fraction of sp³-hybridized carbons (Fsp3) is 0.269. The number of nitrogens with zero attached hydrogens (tertiary/aromatic N) is 1. The molecule has 1 saturated heterocycles. The summed E-state index contributed by atoms with van der Waals surface area (Å²) in [6.07, 6.45) is 2.53. The van der Waals surface area contributed by atoms with Crippen LogP contribution in [0.2, 0.25) is 0 Å². The van der Waals surface area contributed by atoms with Gasteiger partial charge in [-0.3, -0.25) is 15.0 Å². The molecule has 31 heavy (non-hydrogen) atoms. The highest BCUT2D eigenvalue weighted by Crippen LogP contribution is 2.20. The van der Waals surface area contributed by atoms with E-state index >= 15 is 0 Å². The van der Waals surface area contributed by atoms with Crippen molar-refractivity contribution in [2.45, 2.75) is 32.0 Å². The predicted octanol–water partition coefficient (Wildman–Crippen LogP) is 4.89. The van der Waals surface area contributed by atoms with Gasteiger partial charge in [-0.1, -0.05) is 54.6 Å². The highest BCUT2D eigenvalue weighted by atomic mass is 19.1. The molecule has 1 aliphatic rings. The van der Waals surface area contributed by atoms with Crippen LogP contribution in [0.25, 0.3) is 0 Å². The second-order valence-corrected chi connectivity index (χ2v) is 7.97. The Labute approximate surface area is 183 Å². The minimum atomic E-state index is -0.522. The zero-order valence-corrected chi connectivity index (χ0v) is 17.6. The van der Waals surface area contributed by atoms with Crippen molar-refractivity contribution >= 4 is 11.6 Å². The highest BCUT2D eigenvalue weighted by Gasteiger charge is 2.21. The second kappa shape index (κ2) is 10.3. The van der Waals surface area contributed by atoms with E-state index in [0.29, 0.717) is 12.2 Å². The molecule has 1 heterocycles. The number of carbonyl (C=O) groups excluding carboxylic acids is 1. The molecule has 4 nitrogen and oxygen atoms in total. The van der Waals surface area contributed by atoms with Gasteiger partial charge in [0.15, 0.2) is 0 Å². The molecule has 3 aromatic carbocycles. The summed E-state index contributed by atoms with van der Waals surface area (Å²) < 4.78 is 13.2. The van der Waals surface area contributed by atoms with Crippen molar-refractivity contribution in [1.82, 2.24) is 10.2 Å². The van der Waals surface area contributed by atoms with Crippen LogP contribution in [0.5, 0.6) is 0 Å². The van der Waals surface area contributed by atoms with Crippen molar-refractivity contribution < 1.29 is 9.18 Å². The Morgan fingerprint density at radius 2 is 1.52 bits per heavy atom. The Hall–Kier alpha value is -3.02. The SMILES string of the molecule is O=C(Nc1ccc(F)cc1)[C@@H](NCc1ccccc1CN1CCCC1)c1ccccc1. The topological polar surface area (TPSA) is 44.4 Å². The summed E-state index contributed by atoms with van der Waals surface area (Å²) in [5, 5.41) is 6.35. The molecule has 0 spiro atoms. The zero-order chi connectivity index (χ0) is 21.5. The first-order valence-electron chi connectivity index (χ1n) is 10.8. The van der Waals surface area contributed by atoms with Gasteiger partial charge in [-0.05, 0) is 66.9 Å². The van der Waals surface area contributed by atoms with Gasteiger partial charge >= 0.3 is 0 Å². The minimum absolute atomic E-state index is 0.171. The van der Waals surface area contributed by atoms with E-state index in [0.717, 1.165) is 25.2 Å². The molecule has 5 heteroatoms. The number of hydrogen-bond donors (Lipinski definition) is 2. The average molecular weight is 418 g/mol. The Kier molecular flexibility index (Phi) is 7.07. The molecular formula is C26H28FN3O. The molecule has 2 N–H and O–H groups in total. The maximum atomic E-state index is 13.2. The van der Waals surface area contributed by atoms with Crippen molar-refractivity contribution in [3.8, 4) is 0 Å². The lowest BCUT2D eigenvalue weighted by atomic mass is 10.0. The van der Waals surface area contributed by atoms with Crippen molar-refractivity contribution in [1.29, 1.82) is 0 Å². The average Bonchev–Trinajstić information content (AvgIpc) is 3.30. The molecule has 0 radical (unpaired) electrons. The summed E-state index contributed by atoms with van der Waals surface area (Å²) in [7, 11) is 0. The van der Waals surface area contributed by atoms with Crippen LogP contribution in [0.3, 0.4) is 0 Å². The molecule has 0 bridgehead atoms. The van der Waals surface area contributed by atoms with Crippen molar-refractivity contribution in [2.24, 2.45) is 0 Å². The van der Waals surface area contributed by atoms with Crippen molar-refractivity contribution in [2.75, 3.05) is 18.4 Å². The van der Waals surface area contributed by atoms with E-state index in [9.17, 15) is 9.18 Å². The molecule has 0 saturated carbocycles. The summed E-state index contributed by atoms with van der Waals surface area (Å²) in [6, 6.07) is 23.4. The lowest BCUT2D eigenvalue weighted by molar-refractivity contribution is -0.118. The van der Waals surface area contributed by atoms with Crippen molar-refractivity contribution in [3.05, 3.63) is 101 Å². The van der Waals surface area contributed by atoms with Crippen LogP contribution in [-0.2, 0) is 17.9 Å². The Morgan fingerprint density at radius 1 is 0.871 bits per heavy atom. The van der Waals surface area contributed by atoms with Crippen LogP contribution in [-0.4, -0.2) is 23.9 Å². The van der Waals surface area contributed by atoms with Crippen molar-refractivity contribution in [3.63, 3.8) is 0 Å². The van der Waals surface area contributed by atoms with Crippen LogP contribution < -0.4 is 10.6 Å².